The molecular weight excluding hydrogens is 249 g/mol. The topological polar surface area (TPSA) is 46.2 Å². The van der Waals surface area contributed by atoms with Crippen LogP contribution in [0.1, 0.15) is 24.2 Å². The molecule has 0 aliphatic heterocycles. The third kappa shape index (κ3) is 2.32. The lowest BCUT2D eigenvalue weighted by Gasteiger charge is -2.17. The Labute approximate surface area is 91.1 Å². The molecule has 1 aromatic carbocycles. The van der Waals surface area contributed by atoms with Crippen LogP contribution < -0.4 is 5.73 Å². The highest BCUT2D eigenvalue weighted by molar-refractivity contribution is 9.10. The summed E-state index contributed by atoms with van der Waals surface area (Å²) in [6.07, 6.45) is -0.848. The number of rotatable bonds is 2. The normalized spacial score (nSPS) is 15.3. The highest BCUT2D eigenvalue weighted by atomic mass is 79.9. The molecule has 0 bridgehead atoms. The van der Waals surface area contributed by atoms with Gasteiger partial charge in [-0.2, -0.15) is 0 Å². The van der Waals surface area contributed by atoms with Gasteiger partial charge in [-0.15, -0.1) is 0 Å². The van der Waals surface area contributed by atoms with Crippen LogP contribution >= 0.6 is 15.9 Å². The SMILES string of the molecule is Cc1cc(F)c(Br)c(C(O)C(C)N)c1. The number of aryl methyl sites for hydroxylation is 1. The van der Waals surface area contributed by atoms with Crippen LogP contribution in [0.25, 0.3) is 0 Å². The van der Waals surface area contributed by atoms with Gasteiger partial charge in [-0.05, 0) is 47.0 Å². The molecule has 4 heteroatoms. The van der Waals surface area contributed by atoms with Crippen LogP contribution in [-0.4, -0.2) is 11.1 Å². The predicted octanol–water partition coefficient (Wildman–Crippen LogP) is 2.28. The number of hydrogen-bond donors (Lipinski definition) is 2. The van der Waals surface area contributed by atoms with Crippen LogP contribution in [0.5, 0.6) is 0 Å². The lowest BCUT2D eigenvalue weighted by Crippen LogP contribution is -2.24. The van der Waals surface area contributed by atoms with Gasteiger partial charge in [0.2, 0.25) is 0 Å². The first kappa shape index (κ1) is 11.6. The first-order chi connectivity index (χ1) is 6.43. The highest BCUT2D eigenvalue weighted by Gasteiger charge is 2.18. The van der Waals surface area contributed by atoms with Crippen molar-refractivity contribution in [2.45, 2.75) is 26.0 Å². The fourth-order valence-electron chi connectivity index (χ4n) is 1.25. The maximum absolute atomic E-state index is 13.3. The van der Waals surface area contributed by atoms with E-state index in [1.54, 1.807) is 19.9 Å². The van der Waals surface area contributed by atoms with Gasteiger partial charge in [0.1, 0.15) is 5.82 Å². The van der Waals surface area contributed by atoms with E-state index in [0.717, 1.165) is 5.56 Å². The molecule has 0 aromatic heterocycles. The summed E-state index contributed by atoms with van der Waals surface area (Å²) >= 11 is 3.09. The highest BCUT2D eigenvalue weighted by Crippen LogP contribution is 2.28. The van der Waals surface area contributed by atoms with Gasteiger partial charge in [-0.25, -0.2) is 4.39 Å². The summed E-state index contributed by atoms with van der Waals surface area (Å²) in [7, 11) is 0. The third-order valence-electron chi connectivity index (χ3n) is 2.02. The van der Waals surface area contributed by atoms with E-state index >= 15 is 0 Å². The molecule has 0 saturated carbocycles. The molecule has 3 N–H and O–H groups in total. The van der Waals surface area contributed by atoms with E-state index < -0.39 is 12.1 Å². The second-order valence-corrected chi connectivity index (χ2v) is 4.25. The fourth-order valence-corrected chi connectivity index (χ4v) is 1.71. The Morgan fingerprint density at radius 1 is 1.50 bits per heavy atom. The average molecular weight is 262 g/mol. The number of halogens is 2. The number of nitrogens with two attached hydrogens (primary N) is 1. The minimum Gasteiger partial charge on any atom is -0.387 e. The zero-order chi connectivity index (χ0) is 10.9. The fraction of sp³-hybridized carbons (Fsp3) is 0.400. The van der Waals surface area contributed by atoms with Crippen molar-refractivity contribution in [3.63, 3.8) is 0 Å². The molecule has 0 heterocycles. The summed E-state index contributed by atoms with van der Waals surface area (Å²) in [5.74, 6) is -0.375. The van der Waals surface area contributed by atoms with Crippen molar-refractivity contribution in [3.05, 3.63) is 33.5 Å². The van der Waals surface area contributed by atoms with Crippen LogP contribution in [0.3, 0.4) is 0 Å². The van der Waals surface area contributed by atoms with E-state index in [9.17, 15) is 9.50 Å². The van der Waals surface area contributed by atoms with Gasteiger partial charge in [-0.3, -0.25) is 0 Å². The minimum absolute atomic E-state index is 0.285. The first-order valence-corrected chi connectivity index (χ1v) is 5.12. The van der Waals surface area contributed by atoms with Gasteiger partial charge >= 0.3 is 0 Å². The van der Waals surface area contributed by atoms with Crippen molar-refractivity contribution >= 4 is 15.9 Å². The molecule has 2 unspecified atom stereocenters. The number of aliphatic hydroxyl groups excluding tert-OH is 1. The Kier molecular flexibility index (Phi) is 3.64. The molecule has 2 atom stereocenters. The van der Waals surface area contributed by atoms with Crippen molar-refractivity contribution in [3.8, 4) is 0 Å². The Balaban J connectivity index is 3.20. The van der Waals surface area contributed by atoms with Gasteiger partial charge < -0.3 is 10.8 Å². The maximum atomic E-state index is 13.3. The van der Waals surface area contributed by atoms with Gasteiger partial charge in [0.25, 0.3) is 0 Å². The first-order valence-electron chi connectivity index (χ1n) is 4.32. The number of aliphatic hydroxyl groups is 1. The van der Waals surface area contributed by atoms with E-state index in [4.69, 9.17) is 5.73 Å². The summed E-state index contributed by atoms with van der Waals surface area (Å²) in [4.78, 5) is 0. The summed E-state index contributed by atoms with van der Waals surface area (Å²) < 4.78 is 13.6. The quantitative estimate of drug-likeness (QED) is 0.858. The largest absolute Gasteiger partial charge is 0.387 e. The number of hydrogen-bond acceptors (Lipinski definition) is 2. The standard InChI is InChI=1S/C10H13BrFNO/c1-5-3-7(10(14)6(2)13)9(11)8(12)4-5/h3-4,6,10,14H,13H2,1-2H3. The van der Waals surface area contributed by atoms with Gasteiger partial charge in [0, 0.05) is 6.04 Å². The van der Waals surface area contributed by atoms with E-state index in [0.29, 0.717) is 5.56 Å². The molecule has 0 radical (unpaired) electrons. The lowest BCUT2D eigenvalue weighted by molar-refractivity contribution is 0.152. The second-order valence-electron chi connectivity index (χ2n) is 3.45. The number of benzene rings is 1. The van der Waals surface area contributed by atoms with Gasteiger partial charge in [0.05, 0.1) is 10.6 Å². The summed E-state index contributed by atoms with van der Waals surface area (Å²) in [6, 6.07) is 2.70. The molecule has 0 aliphatic rings. The van der Waals surface area contributed by atoms with Crippen LogP contribution in [0.2, 0.25) is 0 Å². The molecule has 2 nitrogen and oxygen atoms in total. The zero-order valence-corrected chi connectivity index (χ0v) is 9.68. The molecule has 0 spiro atoms. The van der Waals surface area contributed by atoms with Crippen LogP contribution in [0.4, 0.5) is 4.39 Å². The van der Waals surface area contributed by atoms with Crippen LogP contribution in [0.15, 0.2) is 16.6 Å². The van der Waals surface area contributed by atoms with Gasteiger partial charge in [0.15, 0.2) is 0 Å². The third-order valence-corrected chi connectivity index (χ3v) is 2.85. The summed E-state index contributed by atoms with van der Waals surface area (Å²) in [5, 5.41) is 9.71. The Bertz CT molecular complexity index is 341. The summed E-state index contributed by atoms with van der Waals surface area (Å²) in [6.45, 7) is 3.45. The molecule has 1 aromatic rings. The Morgan fingerprint density at radius 3 is 2.57 bits per heavy atom. The zero-order valence-electron chi connectivity index (χ0n) is 8.09. The molecular formula is C10H13BrFNO. The second kappa shape index (κ2) is 4.38. The average Bonchev–Trinajstić information content (AvgIpc) is 2.09. The monoisotopic (exact) mass is 261 g/mol. The molecule has 0 amide bonds. The molecule has 78 valence electrons. The van der Waals surface area contributed by atoms with Gasteiger partial charge in [-0.1, -0.05) is 6.07 Å². The lowest BCUT2D eigenvalue weighted by atomic mass is 10.0. The molecule has 1 rings (SSSR count). The maximum Gasteiger partial charge on any atom is 0.138 e. The Hall–Kier alpha value is -0.450. The van der Waals surface area contributed by atoms with E-state index in [1.807, 2.05) is 0 Å². The predicted molar refractivity (Wildman–Crippen MR) is 57.4 cm³/mol. The van der Waals surface area contributed by atoms with Crippen molar-refractivity contribution in [2.24, 2.45) is 5.73 Å². The molecule has 0 saturated heterocycles. The van der Waals surface area contributed by atoms with E-state index in [2.05, 4.69) is 15.9 Å². The minimum atomic E-state index is -0.848. The van der Waals surface area contributed by atoms with Crippen LogP contribution in [0, 0.1) is 12.7 Å². The summed E-state index contributed by atoms with van der Waals surface area (Å²) in [5.41, 5.74) is 6.81. The van der Waals surface area contributed by atoms with Crippen LogP contribution in [-0.2, 0) is 0 Å². The van der Waals surface area contributed by atoms with Crippen molar-refractivity contribution in [1.82, 2.24) is 0 Å². The van der Waals surface area contributed by atoms with E-state index in [-0.39, 0.29) is 10.3 Å². The smallest absolute Gasteiger partial charge is 0.138 e. The van der Waals surface area contributed by atoms with Crippen molar-refractivity contribution in [2.75, 3.05) is 0 Å². The Morgan fingerprint density at radius 2 is 2.07 bits per heavy atom. The molecule has 14 heavy (non-hydrogen) atoms. The van der Waals surface area contributed by atoms with Crippen molar-refractivity contribution < 1.29 is 9.50 Å². The van der Waals surface area contributed by atoms with Crippen molar-refractivity contribution in [1.29, 1.82) is 0 Å². The van der Waals surface area contributed by atoms with E-state index in [1.165, 1.54) is 6.07 Å². The molecule has 0 fully saturated rings. The molecule has 0 aliphatic carbocycles.